The highest BCUT2D eigenvalue weighted by Gasteiger charge is 2.27. The van der Waals surface area contributed by atoms with Gasteiger partial charge in [-0.05, 0) is 26.7 Å². The molecule has 0 spiro atoms. The van der Waals surface area contributed by atoms with Crippen LogP contribution in [0.3, 0.4) is 0 Å². The number of carbonyl (C=O) groups is 2. The van der Waals surface area contributed by atoms with E-state index in [-0.39, 0.29) is 18.4 Å². The molecule has 0 aliphatic rings. The van der Waals surface area contributed by atoms with Crippen molar-refractivity contribution in [1.82, 2.24) is 10.6 Å². The number of alkyl carbamates (subject to hydrolysis) is 1. The van der Waals surface area contributed by atoms with E-state index in [4.69, 9.17) is 11.2 Å². The zero-order chi connectivity index (χ0) is 15.1. The second-order valence-electron chi connectivity index (χ2n) is 5.43. The zero-order valence-corrected chi connectivity index (χ0v) is 12.4. The van der Waals surface area contributed by atoms with Crippen LogP contribution >= 0.6 is 0 Å². The molecular formula is C14H24N2O3. The molecule has 108 valence electrons. The monoisotopic (exact) mass is 268 g/mol. The molecule has 0 aliphatic heterocycles. The maximum Gasteiger partial charge on any atom is 0.408 e. The number of hydrogen-bond donors (Lipinski definition) is 2. The van der Waals surface area contributed by atoms with Crippen molar-refractivity contribution in [2.45, 2.75) is 52.7 Å². The third kappa shape index (κ3) is 7.35. The maximum absolute atomic E-state index is 11.9. The minimum atomic E-state index is -0.645. The van der Waals surface area contributed by atoms with Gasteiger partial charge in [-0.3, -0.25) is 4.79 Å². The van der Waals surface area contributed by atoms with Crippen molar-refractivity contribution in [2.75, 3.05) is 6.54 Å². The lowest BCUT2D eigenvalue weighted by molar-refractivity contribution is -0.124. The number of hydrogen-bond acceptors (Lipinski definition) is 3. The molecule has 0 aromatic carbocycles. The van der Waals surface area contributed by atoms with Gasteiger partial charge in [0.2, 0.25) is 5.91 Å². The van der Waals surface area contributed by atoms with E-state index < -0.39 is 17.7 Å². The van der Waals surface area contributed by atoms with Crippen LogP contribution in [0, 0.1) is 18.3 Å². The Morgan fingerprint density at radius 2 is 1.95 bits per heavy atom. The molecule has 2 unspecified atom stereocenters. The summed E-state index contributed by atoms with van der Waals surface area (Å²) >= 11 is 0. The fourth-order valence-corrected chi connectivity index (χ4v) is 1.38. The number of amides is 2. The standard InChI is InChI=1S/C14H24N2O3/c1-7-9-15-12(17)11(10(3)8-2)16-13(18)19-14(4,5)6/h1,10-11H,8-9H2,2-6H3,(H,15,17)(H,16,18). The molecule has 0 aromatic rings. The first-order chi connectivity index (χ1) is 8.71. The molecule has 0 bridgehead atoms. The Bertz CT molecular complexity index is 353. The highest BCUT2D eigenvalue weighted by atomic mass is 16.6. The number of nitrogens with one attached hydrogen (secondary N) is 2. The van der Waals surface area contributed by atoms with Crippen LogP contribution in [0.25, 0.3) is 0 Å². The van der Waals surface area contributed by atoms with Gasteiger partial charge in [-0.15, -0.1) is 6.42 Å². The molecule has 5 heteroatoms. The minimum Gasteiger partial charge on any atom is -0.444 e. The van der Waals surface area contributed by atoms with E-state index in [1.165, 1.54) is 0 Å². The summed E-state index contributed by atoms with van der Waals surface area (Å²) in [5.74, 6) is 2.02. The van der Waals surface area contributed by atoms with Gasteiger partial charge >= 0.3 is 6.09 Å². The Morgan fingerprint density at radius 3 is 2.37 bits per heavy atom. The number of terminal acetylenes is 1. The van der Waals surface area contributed by atoms with Crippen molar-refractivity contribution < 1.29 is 14.3 Å². The zero-order valence-electron chi connectivity index (χ0n) is 12.4. The molecule has 2 amide bonds. The van der Waals surface area contributed by atoms with Crippen molar-refractivity contribution >= 4 is 12.0 Å². The van der Waals surface area contributed by atoms with E-state index in [1.807, 2.05) is 13.8 Å². The molecule has 0 saturated carbocycles. The third-order valence-corrected chi connectivity index (χ3v) is 2.53. The normalized spacial score (nSPS) is 13.9. The van der Waals surface area contributed by atoms with Crippen LogP contribution in [-0.4, -0.2) is 30.2 Å². The summed E-state index contributed by atoms with van der Waals surface area (Å²) in [6.07, 6.45) is 5.24. The first-order valence-electron chi connectivity index (χ1n) is 6.42. The lowest BCUT2D eigenvalue weighted by Gasteiger charge is -2.26. The van der Waals surface area contributed by atoms with E-state index in [0.717, 1.165) is 6.42 Å². The van der Waals surface area contributed by atoms with Crippen LogP contribution in [0.1, 0.15) is 41.0 Å². The van der Waals surface area contributed by atoms with Gasteiger partial charge < -0.3 is 15.4 Å². The molecular weight excluding hydrogens is 244 g/mol. The largest absolute Gasteiger partial charge is 0.444 e. The molecule has 0 saturated heterocycles. The Labute approximate surface area is 115 Å². The van der Waals surface area contributed by atoms with Gasteiger partial charge in [-0.25, -0.2) is 4.79 Å². The van der Waals surface area contributed by atoms with E-state index in [1.54, 1.807) is 20.8 Å². The molecule has 0 rings (SSSR count). The first-order valence-corrected chi connectivity index (χ1v) is 6.42. The van der Waals surface area contributed by atoms with Crippen molar-refractivity contribution in [1.29, 1.82) is 0 Å². The fraction of sp³-hybridized carbons (Fsp3) is 0.714. The summed E-state index contributed by atoms with van der Waals surface area (Å²) in [5.41, 5.74) is -0.598. The maximum atomic E-state index is 11.9. The Kier molecular flexibility index (Phi) is 6.99. The number of carbonyl (C=O) groups excluding carboxylic acids is 2. The lowest BCUT2D eigenvalue weighted by atomic mass is 9.98. The first kappa shape index (κ1) is 17.3. The van der Waals surface area contributed by atoms with E-state index in [0.29, 0.717) is 0 Å². The van der Waals surface area contributed by atoms with Gasteiger partial charge in [0.1, 0.15) is 11.6 Å². The molecule has 0 fully saturated rings. The Morgan fingerprint density at radius 1 is 1.37 bits per heavy atom. The van der Waals surface area contributed by atoms with Crippen LogP contribution in [0.2, 0.25) is 0 Å². The predicted molar refractivity (Wildman–Crippen MR) is 74.5 cm³/mol. The van der Waals surface area contributed by atoms with E-state index >= 15 is 0 Å². The molecule has 0 radical (unpaired) electrons. The quantitative estimate of drug-likeness (QED) is 0.745. The summed E-state index contributed by atoms with van der Waals surface area (Å²) in [6.45, 7) is 9.28. The van der Waals surface area contributed by atoms with E-state index in [2.05, 4.69) is 16.6 Å². The molecule has 0 aromatic heterocycles. The van der Waals surface area contributed by atoms with Crippen molar-refractivity contribution in [3.8, 4) is 12.3 Å². The summed E-state index contributed by atoms with van der Waals surface area (Å²) in [6, 6.07) is -0.645. The highest BCUT2D eigenvalue weighted by molar-refractivity contribution is 5.86. The van der Waals surface area contributed by atoms with Crippen LogP contribution in [-0.2, 0) is 9.53 Å². The van der Waals surface area contributed by atoms with Crippen molar-refractivity contribution in [3.05, 3.63) is 0 Å². The number of rotatable bonds is 5. The Balaban J connectivity index is 4.65. The summed E-state index contributed by atoms with van der Waals surface area (Å²) in [5, 5.41) is 5.16. The third-order valence-electron chi connectivity index (χ3n) is 2.53. The fourth-order valence-electron chi connectivity index (χ4n) is 1.38. The van der Waals surface area contributed by atoms with Gasteiger partial charge in [0.25, 0.3) is 0 Å². The molecule has 19 heavy (non-hydrogen) atoms. The highest BCUT2D eigenvalue weighted by Crippen LogP contribution is 2.11. The van der Waals surface area contributed by atoms with Gasteiger partial charge in [0.15, 0.2) is 0 Å². The average Bonchev–Trinajstić information content (AvgIpc) is 2.29. The van der Waals surface area contributed by atoms with Gasteiger partial charge in [0.05, 0.1) is 6.54 Å². The van der Waals surface area contributed by atoms with Crippen molar-refractivity contribution in [2.24, 2.45) is 5.92 Å². The van der Waals surface area contributed by atoms with Crippen LogP contribution in [0.5, 0.6) is 0 Å². The second kappa shape index (κ2) is 7.67. The topological polar surface area (TPSA) is 67.4 Å². The number of ether oxygens (including phenoxy) is 1. The smallest absolute Gasteiger partial charge is 0.408 e. The van der Waals surface area contributed by atoms with Crippen LogP contribution in [0.4, 0.5) is 4.79 Å². The summed E-state index contributed by atoms with van der Waals surface area (Å²) in [4.78, 5) is 23.6. The lowest BCUT2D eigenvalue weighted by Crippen LogP contribution is -2.51. The summed E-state index contributed by atoms with van der Waals surface area (Å²) in [7, 11) is 0. The SMILES string of the molecule is C#CCNC(=O)C(NC(=O)OC(C)(C)C)C(C)CC. The molecule has 5 nitrogen and oxygen atoms in total. The summed E-state index contributed by atoms with van der Waals surface area (Å²) < 4.78 is 5.15. The van der Waals surface area contributed by atoms with Gasteiger partial charge in [-0.2, -0.15) is 0 Å². The molecule has 2 atom stereocenters. The van der Waals surface area contributed by atoms with Gasteiger partial charge in [-0.1, -0.05) is 26.2 Å². The minimum absolute atomic E-state index is 0.00899. The van der Waals surface area contributed by atoms with Crippen LogP contribution < -0.4 is 10.6 Å². The Hall–Kier alpha value is -1.70. The van der Waals surface area contributed by atoms with E-state index in [9.17, 15) is 9.59 Å². The van der Waals surface area contributed by atoms with Crippen molar-refractivity contribution in [3.63, 3.8) is 0 Å². The average molecular weight is 268 g/mol. The van der Waals surface area contributed by atoms with Crippen LogP contribution in [0.15, 0.2) is 0 Å². The molecule has 0 aliphatic carbocycles. The predicted octanol–water partition coefficient (Wildman–Crippen LogP) is 1.68. The molecule has 0 heterocycles. The second-order valence-corrected chi connectivity index (χ2v) is 5.43. The van der Waals surface area contributed by atoms with Gasteiger partial charge in [0, 0.05) is 0 Å². The molecule has 2 N–H and O–H groups in total.